The number of sulfonamides is 2. The average Bonchev–Trinajstić information content (AvgIpc) is 2.34. The van der Waals surface area contributed by atoms with Gasteiger partial charge >= 0.3 is 0 Å². The maximum absolute atomic E-state index is 12.1. The van der Waals surface area contributed by atoms with Crippen molar-refractivity contribution in [1.82, 2.24) is 19.4 Å². The fraction of sp³-hybridized carbons (Fsp3) is 0.600. The fourth-order valence-corrected chi connectivity index (χ4v) is 3.66. The summed E-state index contributed by atoms with van der Waals surface area (Å²) >= 11 is 0. The molecule has 120 valence electrons. The van der Waals surface area contributed by atoms with E-state index in [1.807, 2.05) is 0 Å². The molecule has 1 heterocycles. The standard InChI is InChI=1S/C10H19N5O4S2/c1-10(2,15-20(4,16)17)7-14-21(18,19)8-5-12-9(11-3)13-6-8/h5-6,14-15H,7H2,1-4H3,(H,11,12,13). The second-order valence-corrected chi connectivity index (χ2v) is 8.59. The van der Waals surface area contributed by atoms with Gasteiger partial charge in [-0.1, -0.05) is 0 Å². The summed E-state index contributed by atoms with van der Waals surface area (Å²) in [5.74, 6) is 0.299. The van der Waals surface area contributed by atoms with Crippen molar-refractivity contribution in [3.8, 4) is 0 Å². The normalized spacial score (nSPS) is 13.1. The van der Waals surface area contributed by atoms with Crippen molar-refractivity contribution in [3.05, 3.63) is 12.4 Å². The number of hydrogen-bond acceptors (Lipinski definition) is 7. The van der Waals surface area contributed by atoms with Gasteiger partial charge in [-0.25, -0.2) is 36.2 Å². The van der Waals surface area contributed by atoms with Crippen molar-refractivity contribution in [2.45, 2.75) is 24.3 Å². The maximum atomic E-state index is 12.1. The van der Waals surface area contributed by atoms with Crippen molar-refractivity contribution in [2.75, 3.05) is 25.2 Å². The lowest BCUT2D eigenvalue weighted by Crippen LogP contribution is -2.50. The van der Waals surface area contributed by atoms with Crippen molar-refractivity contribution < 1.29 is 16.8 Å². The summed E-state index contributed by atoms with van der Waals surface area (Å²) in [4.78, 5) is 7.53. The van der Waals surface area contributed by atoms with Crippen LogP contribution in [-0.2, 0) is 20.0 Å². The van der Waals surface area contributed by atoms with E-state index >= 15 is 0 Å². The van der Waals surface area contributed by atoms with E-state index in [0.717, 1.165) is 18.6 Å². The molecule has 0 bridgehead atoms. The van der Waals surface area contributed by atoms with Gasteiger partial charge in [-0.3, -0.25) is 0 Å². The van der Waals surface area contributed by atoms with Gasteiger partial charge in [0.05, 0.1) is 18.6 Å². The first-order valence-corrected chi connectivity index (χ1v) is 9.31. The Morgan fingerprint density at radius 2 is 1.67 bits per heavy atom. The predicted molar refractivity (Wildman–Crippen MR) is 78.8 cm³/mol. The van der Waals surface area contributed by atoms with Gasteiger partial charge in [0.15, 0.2) is 0 Å². The summed E-state index contributed by atoms with van der Waals surface area (Å²) < 4.78 is 51.2. The highest BCUT2D eigenvalue weighted by molar-refractivity contribution is 7.89. The Morgan fingerprint density at radius 1 is 1.14 bits per heavy atom. The molecular formula is C10H19N5O4S2. The molecule has 0 saturated heterocycles. The van der Waals surface area contributed by atoms with E-state index in [1.54, 1.807) is 20.9 Å². The Kier molecular flexibility index (Phi) is 5.25. The number of nitrogens with zero attached hydrogens (tertiary/aromatic N) is 2. The number of nitrogens with one attached hydrogen (secondary N) is 3. The predicted octanol–water partition coefficient (Wildman–Crippen LogP) is -0.876. The molecular weight excluding hydrogens is 318 g/mol. The Bertz CT molecular complexity index is 683. The van der Waals surface area contributed by atoms with Crippen LogP contribution < -0.4 is 14.8 Å². The van der Waals surface area contributed by atoms with Crippen LogP contribution in [0.15, 0.2) is 17.3 Å². The smallest absolute Gasteiger partial charge is 0.243 e. The van der Waals surface area contributed by atoms with Crippen LogP contribution in [0.1, 0.15) is 13.8 Å². The van der Waals surface area contributed by atoms with Crippen LogP contribution in [0.25, 0.3) is 0 Å². The van der Waals surface area contributed by atoms with Gasteiger partial charge < -0.3 is 5.32 Å². The Hall–Kier alpha value is -1.30. The lowest BCUT2D eigenvalue weighted by Gasteiger charge is -2.25. The zero-order chi connectivity index (χ0) is 16.3. The molecule has 0 amide bonds. The highest BCUT2D eigenvalue weighted by Crippen LogP contribution is 2.09. The summed E-state index contributed by atoms with van der Waals surface area (Å²) in [6.45, 7) is 3.02. The van der Waals surface area contributed by atoms with E-state index < -0.39 is 25.6 Å². The van der Waals surface area contributed by atoms with Gasteiger partial charge in [-0.2, -0.15) is 0 Å². The quantitative estimate of drug-likeness (QED) is 0.589. The molecule has 0 fully saturated rings. The van der Waals surface area contributed by atoms with E-state index in [9.17, 15) is 16.8 Å². The lowest BCUT2D eigenvalue weighted by atomic mass is 10.1. The summed E-state index contributed by atoms with van der Waals surface area (Å²) in [6, 6.07) is 0. The molecule has 9 nitrogen and oxygen atoms in total. The topological polar surface area (TPSA) is 130 Å². The lowest BCUT2D eigenvalue weighted by molar-refractivity contribution is 0.446. The number of anilines is 1. The van der Waals surface area contributed by atoms with Gasteiger partial charge in [-0.15, -0.1) is 0 Å². The van der Waals surface area contributed by atoms with Gasteiger partial charge in [0.2, 0.25) is 26.0 Å². The van der Waals surface area contributed by atoms with Crippen molar-refractivity contribution in [3.63, 3.8) is 0 Å². The van der Waals surface area contributed by atoms with Crippen LogP contribution in [0, 0.1) is 0 Å². The fourth-order valence-electron chi connectivity index (χ4n) is 1.48. The molecule has 0 aliphatic carbocycles. The molecule has 1 aromatic rings. The molecule has 0 spiro atoms. The zero-order valence-corrected chi connectivity index (χ0v) is 13.8. The largest absolute Gasteiger partial charge is 0.357 e. The monoisotopic (exact) mass is 337 g/mol. The molecule has 0 saturated carbocycles. The van der Waals surface area contributed by atoms with Crippen LogP contribution in [0.5, 0.6) is 0 Å². The summed E-state index contributed by atoms with van der Waals surface area (Å²) in [5, 5.41) is 2.67. The van der Waals surface area contributed by atoms with Gasteiger partial charge in [0, 0.05) is 19.1 Å². The van der Waals surface area contributed by atoms with Gasteiger partial charge in [0.1, 0.15) is 4.90 Å². The second kappa shape index (κ2) is 6.22. The van der Waals surface area contributed by atoms with Gasteiger partial charge in [0.25, 0.3) is 0 Å². The number of aromatic nitrogens is 2. The first kappa shape index (κ1) is 17.8. The van der Waals surface area contributed by atoms with Crippen molar-refractivity contribution in [2.24, 2.45) is 0 Å². The number of hydrogen-bond donors (Lipinski definition) is 3. The minimum absolute atomic E-state index is 0.100. The third kappa shape index (κ3) is 5.91. The summed E-state index contributed by atoms with van der Waals surface area (Å²) in [5.41, 5.74) is -0.966. The first-order chi connectivity index (χ1) is 9.45. The minimum Gasteiger partial charge on any atom is -0.357 e. The molecule has 0 aliphatic rings. The Balaban J connectivity index is 2.81. The molecule has 1 aromatic heterocycles. The van der Waals surface area contributed by atoms with Crippen molar-refractivity contribution >= 4 is 26.0 Å². The van der Waals surface area contributed by atoms with Crippen LogP contribution in [0.4, 0.5) is 5.95 Å². The van der Waals surface area contributed by atoms with Crippen molar-refractivity contribution in [1.29, 1.82) is 0 Å². The molecule has 0 aliphatic heterocycles. The molecule has 0 aromatic carbocycles. The van der Waals surface area contributed by atoms with E-state index in [0.29, 0.717) is 5.95 Å². The Labute approximate surface area is 124 Å². The highest BCUT2D eigenvalue weighted by atomic mass is 32.2. The first-order valence-electron chi connectivity index (χ1n) is 5.94. The van der Waals surface area contributed by atoms with E-state index in [2.05, 4.69) is 24.7 Å². The van der Waals surface area contributed by atoms with E-state index in [1.165, 1.54) is 0 Å². The maximum Gasteiger partial charge on any atom is 0.243 e. The van der Waals surface area contributed by atoms with Crippen LogP contribution in [0.3, 0.4) is 0 Å². The Morgan fingerprint density at radius 3 is 2.10 bits per heavy atom. The summed E-state index contributed by atoms with van der Waals surface area (Å²) in [6.07, 6.45) is 3.34. The molecule has 0 unspecified atom stereocenters. The molecule has 0 atom stereocenters. The molecule has 21 heavy (non-hydrogen) atoms. The average molecular weight is 337 g/mol. The van der Waals surface area contributed by atoms with E-state index in [4.69, 9.17) is 0 Å². The third-order valence-corrected chi connectivity index (χ3v) is 4.61. The van der Waals surface area contributed by atoms with E-state index in [-0.39, 0.29) is 11.4 Å². The summed E-state index contributed by atoms with van der Waals surface area (Å²) in [7, 11) is -5.64. The van der Waals surface area contributed by atoms with Gasteiger partial charge in [-0.05, 0) is 13.8 Å². The molecule has 11 heteroatoms. The van der Waals surface area contributed by atoms with Crippen LogP contribution in [-0.4, -0.2) is 52.2 Å². The highest BCUT2D eigenvalue weighted by Gasteiger charge is 2.25. The SMILES string of the molecule is CNc1ncc(S(=O)(=O)NCC(C)(C)NS(C)(=O)=O)cn1. The molecule has 3 N–H and O–H groups in total. The zero-order valence-electron chi connectivity index (χ0n) is 12.2. The second-order valence-electron chi connectivity index (χ2n) is 5.08. The molecule has 1 rings (SSSR count). The minimum atomic E-state index is -3.81. The van der Waals surface area contributed by atoms with Crippen LogP contribution in [0.2, 0.25) is 0 Å². The number of rotatable bonds is 7. The molecule has 0 radical (unpaired) electrons. The van der Waals surface area contributed by atoms with Crippen LogP contribution >= 0.6 is 0 Å². The third-order valence-electron chi connectivity index (χ3n) is 2.33.